The van der Waals surface area contributed by atoms with Crippen LogP contribution in [0.1, 0.15) is 39.0 Å². The highest BCUT2D eigenvalue weighted by Crippen LogP contribution is 2.23. The van der Waals surface area contributed by atoms with Crippen LogP contribution in [0, 0.1) is 0 Å². The van der Waals surface area contributed by atoms with E-state index in [0.717, 1.165) is 11.7 Å². The van der Waals surface area contributed by atoms with Crippen LogP contribution < -0.4 is 5.32 Å². The summed E-state index contributed by atoms with van der Waals surface area (Å²) in [5.41, 5.74) is 0. The Labute approximate surface area is 86.7 Å². The molecular weight excluding hydrogens is 180 g/mol. The van der Waals surface area contributed by atoms with Crippen LogP contribution in [-0.2, 0) is 0 Å². The fraction of sp³-hybridized carbons (Fsp3) is 0.900. The first kappa shape index (κ1) is 10.8. The van der Waals surface area contributed by atoms with Gasteiger partial charge in [0.1, 0.15) is 0 Å². The third-order valence-corrected chi connectivity index (χ3v) is 3.18. The first-order chi connectivity index (χ1) is 6.25. The highest BCUT2D eigenvalue weighted by Gasteiger charge is 2.23. The quantitative estimate of drug-likeness (QED) is 0.553. The Balaban J connectivity index is 2.13. The Morgan fingerprint density at radius 2 is 2.23 bits per heavy atom. The molecule has 0 unspecified atom stereocenters. The third kappa shape index (κ3) is 3.14. The average molecular weight is 200 g/mol. The molecule has 1 aliphatic carbocycles. The maximum atomic E-state index is 5.28. The number of unbranched alkanes of at least 4 members (excludes halogenated alkanes) is 1. The van der Waals surface area contributed by atoms with Gasteiger partial charge in [-0.3, -0.25) is 0 Å². The minimum Gasteiger partial charge on any atom is -0.363 e. The molecule has 0 saturated heterocycles. The number of hydrogen-bond acceptors (Lipinski definition) is 1. The summed E-state index contributed by atoms with van der Waals surface area (Å²) in [6.45, 7) is 3.22. The van der Waals surface area contributed by atoms with Crippen molar-refractivity contribution in [3.8, 4) is 0 Å². The molecule has 1 fully saturated rings. The molecule has 1 rings (SSSR count). The van der Waals surface area contributed by atoms with E-state index in [0.29, 0.717) is 6.04 Å². The van der Waals surface area contributed by atoms with E-state index in [1.807, 2.05) is 0 Å². The van der Waals surface area contributed by atoms with E-state index in [4.69, 9.17) is 12.2 Å². The van der Waals surface area contributed by atoms with Gasteiger partial charge < -0.3 is 10.2 Å². The van der Waals surface area contributed by atoms with E-state index >= 15 is 0 Å². The van der Waals surface area contributed by atoms with E-state index in [9.17, 15) is 0 Å². The molecule has 0 spiro atoms. The van der Waals surface area contributed by atoms with Crippen molar-refractivity contribution < 1.29 is 0 Å². The summed E-state index contributed by atoms with van der Waals surface area (Å²) in [6.07, 6.45) is 6.42. The number of hydrogen-bond donors (Lipinski definition) is 1. The lowest BCUT2D eigenvalue weighted by Gasteiger charge is -2.36. The molecule has 1 N–H and O–H groups in total. The van der Waals surface area contributed by atoms with E-state index in [1.165, 1.54) is 32.1 Å². The third-order valence-electron chi connectivity index (χ3n) is 2.75. The minimum absolute atomic E-state index is 0.710. The Morgan fingerprint density at radius 1 is 1.54 bits per heavy atom. The SMILES string of the molecule is CCCCNC(=S)N(C)C1CCC1. The molecule has 1 aliphatic rings. The molecule has 0 radical (unpaired) electrons. The van der Waals surface area contributed by atoms with Crippen LogP contribution in [0.25, 0.3) is 0 Å². The van der Waals surface area contributed by atoms with Gasteiger partial charge in [-0.1, -0.05) is 13.3 Å². The summed E-state index contributed by atoms with van der Waals surface area (Å²) in [5, 5.41) is 4.22. The van der Waals surface area contributed by atoms with Crippen molar-refractivity contribution in [3.05, 3.63) is 0 Å². The molecule has 0 heterocycles. The first-order valence-electron chi connectivity index (χ1n) is 5.26. The lowest BCUT2D eigenvalue weighted by atomic mass is 9.92. The zero-order valence-corrected chi connectivity index (χ0v) is 9.49. The Hall–Kier alpha value is -0.310. The second-order valence-corrected chi connectivity index (χ2v) is 4.17. The monoisotopic (exact) mass is 200 g/mol. The Kier molecular flexibility index (Phi) is 4.50. The molecule has 0 aromatic rings. The summed E-state index contributed by atoms with van der Waals surface area (Å²) in [7, 11) is 2.10. The van der Waals surface area contributed by atoms with Crippen molar-refractivity contribution in [2.24, 2.45) is 0 Å². The summed E-state index contributed by atoms with van der Waals surface area (Å²) in [4.78, 5) is 2.22. The van der Waals surface area contributed by atoms with Crippen LogP contribution in [0.4, 0.5) is 0 Å². The van der Waals surface area contributed by atoms with Gasteiger partial charge in [0.2, 0.25) is 0 Å². The van der Waals surface area contributed by atoms with Gasteiger partial charge in [0.25, 0.3) is 0 Å². The molecule has 1 saturated carbocycles. The van der Waals surface area contributed by atoms with Crippen molar-refractivity contribution in [2.75, 3.05) is 13.6 Å². The van der Waals surface area contributed by atoms with E-state index in [1.54, 1.807) is 0 Å². The van der Waals surface area contributed by atoms with Crippen LogP contribution in [0.2, 0.25) is 0 Å². The molecule has 3 heteroatoms. The molecule has 0 aliphatic heterocycles. The molecule has 13 heavy (non-hydrogen) atoms. The van der Waals surface area contributed by atoms with Gasteiger partial charge in [-0.2, -0.15) is 0 Å². The maximum absolute atomic E-state index is 5.28. The van der Waals surface area contributed by atoms with Gasteiger partial charge in [-0.25, -0.2) is 0 Å². The number of thiocarbonyl (C=S) groups is 1. The Bertz CT molecular complexity index is 166. The van der Waals surface area contributed by atoms with Gasteiger partial charge in [-0.15, -0.1) is 0 Å². The lowest BCUT2D eigenvalue weighted by Crippen LogP contribution is -2.46. The first-order valence-corrected chi connectivity index (χ1v) is 5.67. The smallest absolute Gasteiger partial charge is 0.168 e. The van der Waals surface area contributed by atoms with Crippen LogP contribution >= 0.6 is 12.2 Å². The summed E-state index contributed by atoms with van der Waals surface area (Å²) < 4.78 is 0. The van der Waals surface area contributed by atoms with E-state index in [2.05, 4.69) is 24.2 Å². The van der Waals surface area contributed by atoms with Crippen LogP contribution in [0.5, 0.6) is 0 Å². The molecule has 0 amide bonds. The highest BCUT2D eigenvalue weighted by molar-refractivity contribution is 7.80. The van der Waals surface area contributed by atoms with Crippen molar-refractivity contribution >= 4 is 17.3 Å². The van der Waals surface area contributed by atoms with Crippen molar-refractivity contribution in [1.82, 2.24) is 10.2 Å². The standard InChI is InChI=1S/C10H20N2S/c1-3-4-8-11-10(13)12(2)9-6-5-7-9/h9H,3-8H2,1-2H3,(H,11,13). The van der Waals surface area contributed by atoms with Crippen LogP contribution in [-0.4, -0.2) is 29.6 Å². The second-order valence-electron chi connectivity index (χ2n) is 3.78. The number of nitrogens with one attached hydrogen (secondary N) is 1. The van der Waals surface area contributed by atoms with Gasteiger partial charge in [0, 0.05) is 19.6 Å². The largest absolute Gasteiger partial charge is 0.363 e. The minimum atomic E-state index is 0.710. The fourth-order valence-electron chi connectivity index (χ4n) is 1.44. The normalized spacial score (nSPS) is 16.5. The molecule has 0 aromatic heterocycles. The average Bonchev–Trinajstić information content (AvgIpc) is 2.01. The Morgan fingerprint density at radius 3 is 2.69 bits per heavy atom. The molecule has 0 aromatic carbocycles. The maximum Gasteiger partial charge on any atom is 0.168 e. The lowest BCUT2D eigenvalue weighted by molar-refractivity contribution is 0.238. The summed E-state index contributed by atoms with van der Waals surface area (Å²) >= 11 is 5.28. The van der Waals surface area contributed by atoms with Gasteiger partial charge in [0.05, 0.1) is 0 Å². The van der Waals surface area contributed by atoms with Gasteiger partial charge in [-0.05, 0) is 37.9 Å². The predicted octanol–water partition coefficient (Wildman–Crippen LogP) is 2.15. The van der Waals surface area contributed by atoms with Gasteiger partial charge in [0.15, 0.2) is 5.11 Å². The van der Waals surface area contributed by atoms with E-state index in [-0.39, 0.29) is 0 Å². The summed E-state index contributed by atoms with van der Waals surface area (Å²) in [5.74, 6) is 0. The van der Waals surface area contributed by atoms with Crippen LogP contribution in [0.3, 0.4) is 0 Å². The molecule has 0 bridgehead atoms. The zero-order chi connectivity index (χ0) is 9.68. The predicted molar refractivity (Wildman–Crippen MR) is 60.9 cm³/mol. The second kappa shape index (κ2) is 5.43. The number of rotatable bonds is 4. The van der Waals surface area contributed by atoms with Gasteiger partial charge >= 0.3 is 0 Å². The fourth-order valence-corrected chi connectivity index (χ4v) is 1.69. The topological polar surface area (TPSA) is 15.3 Å². The van der Waals surface area contributed by atoms with Crippen molar-refractivity contribution in [2.45, 2.75) is 45.1 Å². The summed E-state index contributed by atoms with van der Waals surface area (Å²) in [6, 6.07) is 0.710. The molecule has 2 nitrogen and oxygen atoms in total. The van der Waals surface area contributed by atoms with Crippen molar-refractivity contribution in [1.29, 1.82) is 0 Å². The van der Waals surface area contributed by atoms with Crippen LogP contribution in [0.15, 0.2) is 0 Å². The molecule has 0 atom stereocenters. The molecular formula is C10H20N2S. The van der Waals surface area contributed by atoms with Crippen molar-refractivity contribution in [3.63, 3.8) is 0 Å². The highest BCUT2D eigenvalue weighted by atomic mass is 32.1. The molecule has 76 valence electrons. The zero-order valence-electron chi connectivity index (χ0n) is 8.68. The number of nitrogens with zero attached hydrogens (tertiary/aromatic N) is 1. The van der Waals surface area contributed by atoms with E-state index < -0.39 is 0 Å².